The highest BCUT2D eigenvalue weighted by atomic mass is 35.5. The zero-order valence-electron chi connectivity index (χ0n) is 10.5. The van der Waals surface area contributed by atoms with E-state index >= 15 is 0 Å². The lowest BCUT2D eigenvalue weighted by atomic mass is 9.93. The van der Waals surface area contributed by atoms with E-state index < -0.39 is 0 Å². The minimum atomic E-state index is -0.217. The predicted molar refractivity (Wildman–Crippen MR) is 76.6 cm³/mol. The molecule has 5 heteroatoms. The van der Waals surface area contributed by atoms with Crippen molar-refractivity contribution in [1.29, 1.82) is 0 Å². The quantitative estimate of drug-likeness (QED) is 0.902. The van der Waals surface area contributed by atoms with Crippen LogP contribution in [0.2, 0.25) is 10.0 Å². The number of carbonyl (C=O) groups excluding carboxylic acids is 1. The molecule has 1 aliphatic rings. The van der Waals surface area contributed by atoms with Crippen molar-refractivity contribution in [3.63, 3.8) is 0 Å². The van der Waals surface area contributed by atoms with Gasteiger partial charge < -0.3 is 10.4 Å². The molecule has 0 saturated heterocycles. The Labute approximate surface area is 122 Å². The van der Waals surface area contributed by atoms with E-state index in [0.717, 1.165) is 25.7 Å². The first-order valence-electron chi connectivity index (χ1n) is 6.46. The molecule has 0 heterocycles. The number of hydrogen-bond donors (Lipinski definition) is 2. The lowest BCUT2D eigenvalue weighted by Crippen LogP contribution is -2.39. The summed E-state index contributed by atoms with van der Waals surface area (Å²) in [5, 5.41) is 13.4. The van der Waals surface area contributed by atoms with Crippen LogP contribution in [-0.4, -0.2) is 23.2 Å². The topological polar surface area (TPSA) is 49.3 Å². The summed E-state index contributed by atoms with van der Waals surface area (Å²) < 4.78 is 0. The highest BCUT2D eigenvalue weighted by Crippen LogP contribution is 2.25. The Bertz CT molecular complexity index is 437. The minimum Gasteiger partial charge on any atom is -0.393 e. The first-order chi connectivity index (χ1) is 9.06. The number of rotatable bonds is 3. The standard InChI is InChI=1S/C14H17Cl2NO2/c15-12-2-1-3-13(16)11(12)8-14(19)17-9-4-6-10(18)7-5-9/h1-3,9-10,18H,4-8H2,(H,17,19). The van der Waals surface area contributed by atoms with Crippen LogP contribution in [0.1, 0.15) is 31.2 Å². The van der Waals surface area contributed by atoms with Gasteiger partial charge in [0.15, 0.2) is 0 Å². The second-order valence-corrected chi connectivity index (χ2v) is 5.76. The van der Waals surface area contributed by atoms with Gasteiger partial charge in [-0.2, -0.15) is 0 Å². The molecule has 0 aromatic heterocycles. The molecule has 0 bridgehead atoms. The van der Waals surface area contributed by atoms with Crippen LogP contribution < -0.4 is 5.32 Å². The molecule has 0 radical (unpaired) electrons. The summed E-state index contributed by atoms with van der Waals surface area (Å²) in [6, 6.07) is 5.37. The zero-order chi connectivity index (χ0) is 13.8. The second kappa shape index (κ2) is 6.60. The smallest absolute Gasteiger partial charge is 0.224 e. The molecule has 1 aromatic carbocycles. The lowest BCUT2D eigenvalue weighted by Gasteiger charge is -2.26. The van der Waals surface area contributed by atoms with E-state index in [-0.39, 0.29) is 24.5 Å². The molecule has 0 aliphatic heterocycles. The molecular weight excluding hydrogens is 285 g/mol. The van der Waals surface area contributed by atoms with Crippen molar-refractivity contribution >= 4 is 29.1 Å². The maximum Gasteiger partial charge on any atom is 0.224 e. The Morgan fingerprint density at radius 2 is 1.79 bits per heavy atom. The van der Waals surface area contributed by atoms with Crippen LogP contribution in [0.4, 0.5) is 0 Å². The van der Waals surface area contributed by atoms with E-state index in [1.54, 1.807) is 18.2 Å². The number of amides is 1. The fourth-order valence-electron chi connectivity index (χ4n) is 2.36. The van der Waals surface area contributed by atoms with Crippen LogP contribution in [0.25, 0.3) is 0 Å². The van der Waals surface area contributed by atoms with Crippen molar-refractivity contribution < 1.29 is 9.90 Å². The Kier molecular flexibility index (Phi) is 5.08. The van der Waals surface area contributed by atoms with Crippen LogP contribution in [0.3, 0.4) is 0 Å². The van der Waals surface area contributed by atoms with Crippen molar-refractivity contribution in [3.8, 4) is 0 Å². The maximum absolute atomic E-state index is 12.0. The van der Waals surface area contributed by atoms with Crippen molar-refractivity contribution in [2.75, 3.05) is 0 Å². The monoisotopic (exact) mass is 301 g/mol. The molecule has 1 aromatic rings. The molecule has 1 amide bonds. The van der Waals surface area contributed by atoms with Crippen LogP contribution in [0.5, 0.6) is 0 Å². The SMILES string of the molecule is O=C(Cc1c(Cl)cccc1Cl)NC1CCC(O)CC1. The fraction of sp³-hybridized carbons (Fsp3) is 0.500. The first kappa shape index (κ1) is 14.6. The Balaban J connectivity index is 1.91. The van der Waals surface area contributed by atoms with Crippen molar-refractivity contribution in [3.05, 3.63) is 33.8 Å². The fourth-order valence-corrected chi connectivity index (χ4v) is 2.89. The molecule has 1 fully saturated rings. The van der Waals surface area contributed by atoms with Gasteiger partial charge in [0, 0.05) is 16.1 Å². The lowest BCUT2D eigenvalue weighted by molar-refractivity contribution is -0.121. The number of aliphatic hydroxyl groups is 1. The normalized spacial score (nSPS) is 23.1. The maximum atomic E-state index is 12.0. The molecule has 2 rings (SSSR count). The zero-order valence-corrected chi connectivity index (χ0v) is 12.0. The molecule has 0 spiro atoms. The van der Waals surface area contributed by atoms with Crippen molar-refractivity contribution in [2.45, 2.75) is 44.2 Å². The molecule has 0 atom stereocenters. The molecule has 2 N–H and O–H groups in total. The Morgan fingerprint density at radius 3 is 2.37 bits per heavy atom. The van der Waals surface area contributed by atoms with Gasteiger partial charge in [0.05, 0.1) is 12.5 Å². The van der Waals surface area contributed by atoms with E-state index in [1.165, 1.54) is 0 Å². The number of benzene rings is 1. The van der Waals surface area contributed by atoms with E-state index in [2.05, 4.69) is 5.32 Å². The molecule has 19 heavy (non-hydrogen) atoms. The minimum absolute atomic E-state index is 0.0728. The number of aliphatic hydroxyl groups excluding tert-OH is 1. The predicted octanol–water partition coefficient (Wildman–Crippen LogP) is 2.96. The van der Waals surface area contributed by atoms with Gasteiger partial charge in [-0.05, 0) is 43.4 Å². The van der Waals surface area contributed by atoms with Crippen molar-refractivity contribution in [2.24, 2.45) is 0 Å². The molecular formula is C14H17Cl2NO2. The molecule has 1 saturated carbocycles. The summed E-state index contributed by atoms with van der Waals surface area (Å²) in [5.41, 5.74) is 0.666. The number of halogens is 2. The van der Waals surface area contributed by atoms with Gasteiger partial charge in [-0.25, -0.2) is 0 Å². The molecule has 104 valence electrons. The van der Waals surface area contributed by atoms with Gasteiger partial charge in [0.25, 0.3) is 0 Å². The summed E-state index contributed by atoms with van der Waals surface area (Å²) >= 11 is 12.1. The summed E-state index contributed by atoms with van der Waals surface area (Å²) in [7, 11) is 0. The van der Waals surface area contributed by atoms with Crippen LogP contribution in [0, 0.1) is 0 Å². The summed E-state index contributed by atoms with van der Waals surface area (Å²) in [6.45, 7) is 0. The average Bonchev–Trinajstić information content (AvgIpc) is 2.37. The number of hydrogen-bond acceptors (Lipinski definition) is 2. The van der Waals surface area contributed by atoms with Crippen LogP contribution >= 0.6 is 23.2 Å². The van der Waals surface area contributed by atoms with Gasteiger partial charge in [0.2, 0.25) is 5.91 Å². The Morgan fingerprint density at radius 1 is 1.21 bits per heavy atom. The highest BCUT2D eigenvalue weighted by Gasteiger charge is 2.21. The summed E-state index contributed by atoms with van der Waals surface area (Å²) in [4.78, 5) is 12.0. The van der Waals surface area contributed by atoms with Gasteiger partial charge in [-0.15, -0.1) is 0 Å². The highest BCUT2D eigenvalue weighted by molar-refractivity contribution is 6.36. The molecule has 3 nitrogen and oxygen atoms in total. The van der Waals surface area contributed by atoms with E-state index in [1.807, 2.05) is 0 Å². The Hall–Kier alpha value is -0.770. The molecule has 0 unspecified atom stereocenters. The van der Waals surface area contributed by atoms with Crippen LogP contribution in [-0.2, 0) is 11.2 Å². The van der Waals surface area contributed by atoms with E-state index in [9.17, 15) is 9.90 Å². The molecule has 1 aliphatic carbocycles. The largest absolute Gasteiger partial charge is 0.393 e. The number of nitrogens with one attached hydrogen (secondary N) is 1. The summed E-state index contributed by atoms with van der Waals surface area (Å²) in [5.74, 6) is -0.0728. The van der Waals surface area contributed by atoms with Gasteiger partial charge in [-0.3, -0.25) is 4.79 Å². The number of carbonyl (C=O) groups is 1. The third kappa shape index (κ3) is 4.10. The van der Waals surface area contributed by atoms with Gasteiger partial charge in [-0.1, -0.05) is 29.3 Å². The van der Waals surface area contributed by atoms with E-state index in [4.69, 9.17) is 23.2 Å². The average molecular weight is 302 g/mol. The second-order valence-electron chi connectivity index (χ2n) is 4.95. The summed E-state index contributed by atoms with van der Waals surface area (Å²) in [6.07, 6.45) is 3.12. The first-order valence-corrected chi connectivity index (χ1v) is 7.22. The van der Waals surface area contributed by atoms with E-state index in [0.29, 0.717) is 15.6 Å². The third-order valence-corrected chi connectivity index (χ3v) is 4.17. The van der Waals surface area contributed by atoms with Crippen molar-refractivity contribution in [1.82, 2.24) is 5.32 Å². The third-order valence-electron chi connectivity index (χ3n) is 3.46. The van der Waals surface area contributed by atoms with Crippen LogP contribution in [0.15, 0.2) is 18.2 Å². The van der Waals surface area contributed by atoms with Gasteiger partial charge in [0.1, 0.15) is 0 Å². The van der Waals surface area contributed by atoms with Gasteiger partial charge >= 0.3 is 0 Å².